The Hall–Kier alpha value is -2.36. The summed E-state index contributed by atoms with van der Waals surface area (Å²) in [6.45, 7) is 0. The van der Waals surface area contributed by atoms with E-state index in [1.165, 1.54) is 12.1 Å². The van der Waals surface area contributed by atoms with Gasteiger partial charge in [-0.15, -0.1) is 0 Å². The molecule has 3 nitrogen and oxygen atoms in total. The van der Waals surface area contributed by atoms with Gasteiger partial charge in [0.2, 0.25) is 5.91 Å². The first kappa shape index (κ1) is 12.1. The number of nitrogen functional groups attached to an aromatic ring is 1. The van der Waals surface area contributed by atoms with Crippen molar-refractivity contribution >= 4 is 11.6 Å². The van der Waals surface area contributed by atoms with Crippen molar-refractivity contribution in [1.82, 2.24) is 0 Å². The van der Waals surface area contributed by atoms with Crippen molar-refractivity contribution in [3.05, 3.63) is 65.0 Å². The van der Waals surface area contributed by atoms with Crippen LogP contribution in [-0.2, 0) is 6.42 Å². The van der Waals surface area contributed by atoms with E-state index >= 15 is 0 Å². The Kier molecular flexibility index (Phi) is 3.28. The maximum atomic E-state index is 12.8. The molecule has 0 saturated heterocycles. The third-order valence-corrected chi connectivity index (χ3v) is 2.77. The number of anilines is 1. The van der Waals surface area contributed by atoms with Crippen LogP contribution in [-0.4, -0.2) is 5.91 Å². The molecule has 0 aliphatic carbocycles. The highest BCUT2D eigenvalue weighted by Gasteiger charge is 2.11. The highest BCUT2D eigenvalue weighted by Crippen LogP contribution is 2.21. The molecule has 0 unspecified atom stereocenters. The Bertz CT molecular complexity index is 579. The molecule has 2 aromatic carbocycles. The van der Waals surface area contributed by atoms with E-state index < -0.39 is 5.91 Å². The zero-order chi connectivity index (χ0) is 13.1. The quantitative estimate of drug-likeness (QED) is 0.812. The molecule has 0 aromatic heterocycles. The average Bonchev–Trinajstić information content (AvgIpc) is 2.34. The summed E-state index contributed by atoms with van der Waals surface area (Å²) >= 11 is 0. The van der Waals surface area contributed by atoms with Crippen molar-refractivity contribution in [2.24, 2.45) is 5.73 Å². The van der Waals surface area contributed by atoms with Crippen LogP contribution >= 0.6 is 0 Å². The van der Waals surface area contributed by atoms with E-state index in [4.69, 9.17) is 11.5 Å². The highest BCUT2D eigenvalue weighted by atomic mass is 19.1. The van der Waals surface area contributed by atoms with Crippen LogP contribution in [0.5, 0.6) is 0 Å². The number of benzene rings is 2. The van der Waals surface area contributed by atoms with E-state index in [1.54, 1.807) is 30.3 Å². The van der Waals surface area contributed by atoms with Gasteiger partial charge in [0.05, 0.1) is 0 Å². The number of hydrogen-bond acceptors (Lipinski definition) is 2. The van der Waals surface area contributed by atoms with Gasteiger partial charge in [0.25, 0.3) is 0 Å². The van der Waals surface area contributed by atoms with Crippen LogP contribution in [0.4, 0.5) is 10.1 Å². The van der Waals surface area contributed by atoms with Crippen LogP contribution in [0.3, 0.4) is 0 Å². The fraction of sp³-hybridized carbons (Fsp3) is 0.0714. The van der Waals surface area contributed by atoms with E-state index in [-0.39, 0.29) is 5.82 Å². The Labute approximate surface area is 104 Å². The minimum atomic E-state index is -0.514. The molecule has 18 heavy (non-hydrogen) atoms. The molecule has 0 bridgehead atoms. The number of carbonyl (C=O) groups is 1. The SMILES string of the molecule is NC(=O)c1cccc(N)c1Cc1ccc(F)cc1. The van der Waals surface area contributed by atoms with Gasteiger partial charge in [-0.1, -0.05) is 18.2 Å². The minimum absolute atomic E-state index is 0.296. The molecule has 4 heteroatoms. The first-order valence-corrected chi connectivity index (χ1v) is 5.49. The van der Waals surface area contributed by atoms with Crippen LogP contribution in [0.2, 0.25) is 0 Å². The van der Waals surface area contributed by atoms with Crippen LogP contribution in [0.1, 0.15) is 21.5 Å². The van der Waals surface area contributed by atoms with Gasteiger partial charge in [0, 0.05) is 17.7 Å². The molecule has 4 N–H and O–H groups in total. The Balaban J connectivity index is 2.39. The van der Waals surface area contributed by atoms with E-state index in [2.05, 4.69) is 0 Å². The number of primary amides is 1. The van der Waals surface area contributed by atoms with Crippen molar-refractivity contribution in [3.8, 4) is 0 Å². The maximum absolute atomic E-state index is 12.8. The molecule has 0 heterocycles. The topological polar surface area (TPSA) is 69.1 Å². The third-order valence-electron chi connectivity index (χ3n) is 2.77. The maximum Gasteiger partial charge on any atom is 0.249 e. The lowest BCUT2D eigenvalue weighted by atomic mass is 9.97. The fourth-order valence-corrected chi connectivity index (χ4v) is 1.84. The van der Waals surface area contributed by atoms with E-state index in [9.17, 15) is 9.18 Å². The molecular formula is C14H13FN2O. The molecule has 0 saturated carbocycles. The van der Waals surface area contributed by atoms with Gasteiger partial charge >= 0.3 is 0 Å². The third kappa shape index (κ3) is 2.48. The lowest BCUT2D eigenvalue weighted by Crippen LogP contribution is -2.15. The predicted octanol–water partition coefficient (Wildman–Crippen LogP) is 2.10. The largest absolute Gasteiger partial charge is 0.398 e. The minimum Gasteiger partial charge on any atom is -0.398 e. The second-order valence-corrected chi connectivity index (χ2v) is 4.04. The number of nitrogens with two attached hydrogens (primary N) is 2. The molecule has 1 amide bonds. The molecule has 0 atom stereocenters. The first-order valence-electron chi connectivity index (χ1n) is 5.49. The number of hydrogen-bond donors (Lipinski definition) is 2. The van der Waals surface area contributed by atoms with Gasteiger partial charge in [-0.25, -0.2) is 4.39 Å². The van der Waals surface area contributed by atoms with Crippen LogP contribution in [0.15, 0.2) is 42.5 Å². The van der Waals surface area contributed by atoms with Gasteiger partial charge in [-0.05, 0) is 35.4 Å². The summed E-state index contributed by atoms with van der Waals surface area (Å²) in [4.78, 5) is 11.3. The first-order chi connectivity index (χ1) is 8.58. The van der Waals surface area contributed by atoms with Crippen molar-refractivity contribution < 1.29 is 9.18 Å². The predicted molar refractivity (Wildman–Crippen MR) is 68.6 cm³/mol. The Morgan fingerprint density at radius 1 is 1.11 bits per heavy atom. The standard InChI is InChI=1S/C14H13FN2O/c15-10-6-4-9(5-7-10)8-12-11(14(17)18)2-1-3-13(12)16/h1-7H,8,16H2,(H2,17,18). The second-order valence-electron chi connectivity index (χ2n) is 4.04. The number of amides is 1. The molecular weight excluding hydrogens is 231 g/mol. The zero-order valence-corrected chi connectivity index (χ0v) is 9.69. The van der Waals surface area contributed by atoms with Crippen molar-refractivity contribution in [3.63, 3.8) is 0 Å². The van der Waals surface area contributed by atoms with Crippen molar-refractivity contribution in [1.29, 1.82) is 0 Å². The lowest BCUT2D eigenvalue weighted by molar-refractivity contribution is 0.0999. The average molecular weight is 244 g/mol. The van der Waals surface area contributed by atoms with Gasteiger partial charge < -0.3 is 11.5 Å². The summed E-state index contributed by atoms with van der Waals surface area (Å²) in [6, 6.07) is 11.1. The molecule has 0 spiro atoms. The molecule has 0 aliphatic rings. The molecule has 0 aliphatic heterocycles. The summed E-state index contributed by atoms with van der Waals surface area (Å²) in [5.74, 6) is -0.811. The normalized spacial score (nSPS) is 10.3. The highest BCUT2D eigenvalue weighted by molar-refractivity contribution is 5.95. The molecule has 2 rings (SSSR count). The van der Waals surface area contributed by atoms with Gasteiger partial charge in [0.15, 0.2) is 0 Å². The monoisotopic (exact) mass is 244 g/mol. The second kappa shape index (κ2) is 4.87. The molecule has 92 valence electrons. The van der Waals surface area contributed by atoms with Crippen LogP contribution in [0, 0.1) is 5.82 Å². The zero-order valence-electron chi connectivity index (χ0n) is 9.69. The van der Waals surface area contributed by atoms with Crippen molar-refractivity contribution in [2.45, 2.75) is 6.42 Å². The van der Waals surface area contributed by atoms with Gasteiger partial charge in [-0.2, -0.15) is 0 Å². The van der Waals surface area contributed by atoms with Gasteiger partial charge in [-0.3, -0.25) is 4.79 Å². The van der Waals surface area contributed by atoms with Crippen molar-refractivity contribution in [2.75, 3.05) is 5.73 Å². The van der Waals surface area contributed by atoms with E-state index in [0.29, 0.717) is 23.2 Å². The van der Waals surface area contributed by atoms with Crippen LogP contribution in [0.25, 0.3) is 0 Å². The summed E-state index contributed by atoms with van der Waals surface area (Å²) in [5.41, 5.74) is 13.6. The number of rotatable bonds is 3. The number of carbonyl (C=O) groups excluding carboxylic acids is 1. The Morgan fingerprint density at radius 2 is 1.78 bits per heavy atom. The Morgan fingerprint density at radius 3 is 2.39 bits per heavy atom. The summed E-state index contributed by atoms with van der Waals surface area (Å²) in [6.07, 6.45) is 0.450. The fourth-order valence-electron chi connectivity index (χ4n) is 1.84. The number of halogens is 1. The lowest BCUT2D eigenvalue weighted by Gasteiger charge is -2.10. The van der Waals surface area contributed by atoms with Crippen LogP contribution < -0.4 is 11.5 Å². The molecule has 0 radical (unpaired) electrons. The van der Waals surface area contributed by atoms with E-state index in [1.807, 2.05) is 0 Å². The molecule has 2 aromatic rings. The van der Waals surface area contributed by atoms with E-state index in [0.717, 1.165) is 5.56 Å². The smallest absolute Gasteiger partial charge is 0.249 e. The summed E-state index contributed by atoms with van der Waals surface area (Å²) in [7, 11) is 0. The summed E-state index contributed by atoms with van der Waals surface area (Å²) < 4.78 is 12.8. The molecule has 0 fully saturated rings. The summed E-state index contributed by atoms with van der Waals surface area (Å²) in [5, 5.41) is 0. The van der Waals surface area contributed by atoms with Gasteiger partial charge in [0.1, 0.15) is 5.82 Å².